The van der Waals surface area contributed by atoms with Crippen molar-refractivity contribution in [1.29, 1.82) is 0 Å². The number of hydrogen-bond donors (Lipinski definition) is 0. The third-order valence-electron chi connectivity index (χ3n) is 2.51. The molecule has 1 aromatic heterocycles. The Morgan fingerprint density at radius 1 is 0.933 bits per heavy atom. The van der Waals surface area contributed by atoms with Crippen LogP contribution in [0, 0.1) is 0 Å². The summed E-state index contributed by atoms with van der Waals surface area (Å²) in [4.78, 5) is 0. The van der Waals surface area contributed by atoms with Crippen molar-refractivity contribution >= 4 is 22.1 Å². The lowest BCUT2D eigenvalue weighted by Gasteiger charge is -1.96. The number of rotatable bonds is 1. The van der Waals surface area contributed by atoms with Crippen LogP contribution >= 0.6 is 11.3 Å². The number of hydrogen-bond acceptors (Lipinski definition) is 1. The maximum Gasteiger partial charge on any atom is 0.230 e. The second kappa shape index (κ2) is 3.48. The van der Waals surface area contributed by atoms with Gasteiger partial charge in [-0.05, 0) is 16.8 Å². The van der Waals surface area contributed by atoms with Crippen molar-refractivity contribution in [3.63, 3.8) is 0 Å². The van der Waals surface area contributed by atoms with E-state index >= 15 is 0 Å². The lowest BCUT2D eigenvalue weighted by molar-refractivity contribution is -0.590. The van der Waals surface area contributed by atoms with Crippen molar-refractivity contribution in [2.45, 2.75) is 0 Å². The van der Waals surface area contributed by atoms with Crippen molar-refractivity contribution < 1.29 is 4.57 Å². The van der Waals surface area contributed by atoms with E-state index in [9.17, 15) is 0 Å². The minimum Gasteiger partial charge on any atom is -0.157 e. The molecule has 0 spiro atoms. The lowest BCUT2D eigenvalue weighted by Crippen LogP contribution is -2.25. The number of fused-ring (bicyclic) bond motifs is 1. The van der Waals surface area contributed by atoms with Gasteiger partial charge in [0.1, 0.15) is 0 Å². The smallest absolute Gasteiger partial charge is 0.157 e. The number of thiazole rings is 1. The summed E-state index contributed by atoms with van der Waals surface area (Å²) in [7, 11) is 0. The fourth-order valence-electron chi connectivity index (χ4n) is 1.72. The molecule has 1 heterocycles. The van der Waals surface area contributed by atoms with Gasteiger partial charge < -0.3 is 0 Å². The Morgan fingerprint density at radius 2 is 1.80 bits per heavy atom. The molecule has 0 saturated heterocycles. The Balaban J connectivity index is 2.22. The third-order valence-corrected chi connectivity index (χ3v) is 3.13. The molecule has 3 aromatic rings. The minimum atomic E-state index is 1.22. The minimum absolute atomic E-state index is 1.22. The normalized spacial score (nSPS) is 10.7. The molecular formula is C13H10NS+. The summed E-state index contributed by atoms with van der Waals surface area (Å²) < 4.78 is 2.14. The van der Waals surface area contributed by atoms with Crippen LogP contribution in [0.15, 0.2) is 59.6 Å². The maximum absolute atomic E-state index is 2.21. The van der Waals surface area contributed by atoms with Crippen LogP contribution in [0.25, 0.3) is 16.5 Å². The van der Waals surface area contributed by atoms with E-state index in [2.05, 4.69) is 64.1 Å². The highest BCUT2D eigenvalue weighted by Gasteiger charge is 2.05. The zero-order chi connectivity index (χ0) is 10.1. The summed E-state index contributed by atoms with van der Waals surface area (Å²) >= 11 is 1.70. The van der Waals surface area contributed by atoms with Crippen molar-refractivity contribution in [2.24, 2.45) is 0 Å². The molecular weight excluding hydrogens is 202 g/mol. The van der Waals surface area contributed by atoms with Crippen molar-refractivity contribution in [3.05, 3.63) is 59.6 Å². The molecule has 2 aromatic carbocycles. The topological polar surface area (TPSA) is 3.88 Å². The van der Waals surface area contributed by atoms with Gasteiger partial charge in [-0.3, -0.25) is 0 Å². The van der Waals surface area contributed by atoms with Crippen molar-refractivity contribution in [1.82, 2.24) is 0 Å². The molecule has 0 unspecified atom stereocenters. The van der Waals surface area contributed by atoms with Crippen LogP contribution in [0.5, 0.6) is 0 Å². The van der Waals surface area contributed by atoms with E-state index in [1.165, 1.54) is 16.5 Å². The maximum atomic E-state index is 2.21. The first-order chi connectivity index (χ1) is 7.43. The Labute approximate surface area is 92.2 Å². The van der Waals surface area contributed by atoms with E-state index in [0.29, 0.717) is 0 Å². The van der Waals surface area contributed by atoms with Gasteiger partial charge in [-0.25, -0.2) is 0 Å². The van der Waals surface area contributed by atoms with Gasteiger partial charge >= 0.3 is 0 Å². The van der Waals surface area contributed by atoms with Gasteiger partial charge in [-0.2, -0.15) is 4.57 Å². The molecule has 1 nitrogen and oxygen atoms in total. The van der Waals surface area contributed by atoms with E-state index in [-0.39, 0.29) is 0 Å². The number of aromatic nitrogens is 1. The highest BCUT2D eigenvalue weighted by atomic mass is 32.1. The average Bonchev–Trinajstić information content (AvgIpc) is 2.82. The molecule has 0 atom stereocenters. The van der Waals surface area contributed by atoms with E-state index in [1.807, 2.05) is 0 Å². The fourth-order valence-corrected chi connectivity index (χ4v) is 2.32. The SMILES string of the molecule is c1ccc2cc(-[n+]3ccsc3)ccc2c1. The zero-order valence-electron chi connectivity index (χ0n) is 8.13. The summed E-state index contributed by atoms with van der Waals surface area (Å²) in [6.07, 6.45) is 2.08. The summed E-state index contributed by atoms with van der Waals surface area (Å²) in [5.74, 6) is 0. The van der Waals surface area contributed by atoms with Gasteiger partial charge in [0.15, 0.2) is 6.20 Å². The lowest BCUT2D eigenvalue weighted by atomic mass is 10.1. The predicted octanol–water partition coefficient (Wildman–Crippen LogP) is 3.18. The number of benzene rings is 2. The standard InChI is InChI=1S/C13H10NS/c1-2-4-12-9-13(6-5-11(12)3-1)14-7-8-15-10-14/h1-10H/q+1. The van der Waals surface area contributed by atoms with Crippen molar-refractivity contribution in [2.75, 3.05) is 0 Å². The molecule has 2 heteroatoms. The summed E-state index contributed by atoms with van der Waals surface area (Å²) in [5, 5.41) is 4.65. The van der Waals surface area contributed by atoms with E-state index in [0.717, 1.165) is 0 Å². The molecule has 15 heavy (non-hydrogen) atoms. The monoisotopic (exact) mass is 212 g/mol. The van der Waals surface area contributed by atoms with Crippen LogP contribution < -0.4 is 4.57 Å². The summed E-state index contributed by atoms with van der Waals surface area (Å²) in [5.41, 5.74) is 3.32. The van der Waals surface area contributed by atoms with E-state index < -0.39 is 0 Å². The first kappa shape index (κ1) is 8.62. The first-order valence-electron chi connectivity index (χ1n) is 4.86. The molecule has 0 saturated carbocycles. The zero-order valence-corrected chi connectivity index (χ0v) is 8.95. The molecule has 0 aliphatic rings. The van der Waals surface area contributed by atoms with Crippen LogP contribution in [-0.2, 0) is 0 Å². The van der Waals surface area contributed by atoms with Crippen LogP contribution in [0.3, 0.4) is 0 Å². The largest absolute Gasteiger partial charge is 0.230 e. The van der Waals surface area contributed by atoms with Crippen LogP contribution in [0.1, 0.15) is 0 Å². The molecule has 0 aliphatic heterocycles. The molecule has 0 fully saturated rings. The molecule has 0 N–H and O–H groups in total. The van der Waals surface area contributed by atoms with E-state index in [1.54, 1.807) is 11.3 Å². The second-order valence-corrected chi connectivity index (χ2v) is 4.22. The number of nitrogens with zero attached hydrogens (tertiary/aromatic N) is 1. The average molecular weight is 212 g/mol. The van der Waals surface area contributed by atoms with Gasteiger partial charge in [0.05, 0.1) is 5.38 Å². The fraction of sp³-hybridized carbons (Fsp3) is 0. The highest BCUT2D eigenvalue weighted by Crippen LogP contribution is 2.15. The quantitative estimate of drug-likeness (QED) is 0.545. The Morgan fingerprint density at radius 3 is 2.60 bits per heavy atom. The van der Waals surface area contributed by atoms with Gasteiger partial charge in [0, 0.05) is 12.1 Å². The predicted molar refractivity (Wildman–Crippen MR) is 63.4 cm³/mol. The van der Waals surface area contributed by atoms with Crippen LogP contribution in [0.4, 0.5) is 0 Å². The second-order valence-electron chi connectivity index (χ2n) is 3.47. The van der Waals surface area contributed by atoms with Crippen molar-refractivity contribution in [3.8, 4) is 5.69 Å². The third kappa shape index (κ3) is 1.53. The van der Waals surface area contributed by atoms with Crippen LogP contribution in [0.2, 0.25) is 0 Å². The van der Waals surface area contributed by atoms with Gasteiger partial charge in [-0.1, -0.05) is 35.6 Å². The molecule has 0 radical (unpaired) electrons. The Hall–Kier alpha value is -1.67. The Bertz CT molecular complexity index is 584. The molecule has 0 amide bonds. The molecule has 0 bridgehead atoms. The molecule has 72 valence electrons. The van der Waals surface area contributed by atoms with Crippen LogP contribution in [-0.4, -0.2) is 0 Å². The van der Waals surface area contributed by atoms with E-state index in [4.69, 9.17) is 0 Å². The highest BCUT2D eigenvalue weighted by molar-refractivity contribution is 7.07. The van der Waals surface area contributed by atoms with Gasteiger partial charge in [-0.15, -0.1) is 0 Å². The van der Waals surface area contributed by atoms with Gasteiger partial charge in [0.2, 0.25) is 11.2 Å². The molecule has 3 rings (SSSR count). The summed E-state index contributed by atoms with van der Waals surface area (Å²) in [6.45, 7) is 0. The Kier molecular flexibility index (Phi) is 2.00. The summed E-state index contributed by atoms with van der Waals surface area (Å²) in [6, 6.07) is 14.9. The molecule has 0 aliphatic carbocycles. The van der Waals surface area contributed by atoms with Gasteiger partial charge in [0.25, 0.3) is 0 Å². The first-order valence-corrected chi connectivity index (χ1v) is 5.80.